The highest BCUT2D eigenvalue weighted by Crippen LogP contribution is 2.34. The van der Waals surface area contributed by atoms with Crippen molar-refractivity contribution in [3.8, 4) is 11.5 Å². The van der Waals surface area contributed by atoms with E-state index in [-0.39, 0.29) is 12.4 Å². The molecule has 158 valence electrons. The van der Waals surface area contributed by atoms with Crippen LogP contribution in [-0.4, -0.2) is 73.8 Å². The molecular weight excluding hydrogens is 378 g/mol. The zero-order valence-corrected chi connectivity index (χ0v) is 16.9. The van der Waals surface area contributed by atoms with Crippen LogP contribution < -0.4 is 14.4 Å². The molecule has 2 aliphatic heterocycles. The second-order valence-corrected chi connectivity index (χ2v) is 6.86. The van der Waals surface area contributed by atoms with Crippen molar-refractivity contribution in [2.75, 3.05) is 51.1 Å². The minimum atomic E-state index is -0.869. The third-order valence-corrected chi connectivity index (χ3v) is 4.61. The van der Waals surface area contributed by atoms with Gasteiger partial charge in [0, 0.05) is 19.2 Å². The molecule has 0 aliphatic carbocycles. The molecule has 1 aromatic carbocycles. The molecule has 0 aromatic heterocycles. The van der Waals surface area contributed by atoms with Crippen LogP contribution in [0, 0.1) is 0 Å². The van der Waals surface area contributed by atoms with E-state index >= 15 is 0 Å². The molecule has 1 aromatic rings. The molecular formula is C20H27N3O6. The van der Waals surface area contributed by atoms with Crippen LogP contribution in [0.15, 0.2) is 18.2 Å². The van der Waals surface area contributed by atoms with E-state index in [9.17, 15) is 14.4 Å². The third-order valence-electron chi connectivity index (χ3n) is 4.61. The van der Waals surface area contributed by atoms with Crippen molar-refractivity contribution in [3.63, 3.8) is 0 Å². The van der Waals surface area contributed by atoms with Crippen molar-refractivity contribution >= 4 is 23.5 Å². The minimum absolute atomic E-state index is 0.0696. The van der Waals surface area contributed by atoms with E-state index in [4.69, 9.17) is 14.2 Å². The standard InChI is InChI=1S/C20H27N3O6/c1-3-9-28-16-6-5-15(13-17(16)29-10-4-2)23-19(25)18(24)22(20(23)26)14-21-7-11-27-12-8-21/h5-6,13H,3-4,7-12,14H2,1-2H3. The maximum atomic E-state index is 12.9. The second kappa shape index (κ2) is 9.71. The number of carbonyl (C=O) groups is 3. The lowest BCUT2D eigenvalue weighted by molar-refractivity contribution is -0.140. The zero-order chi connectivity index (χ0) is 20.8. The largest absolute Gasteiger partial charge is 0.490 e. The van der Waals surface area contributed by atoms with Gasteiger partial charge in [-0.2, -0.15) is 0 Å². The number of hydrogen-bond acceptors (Lipinski definition) is 7. The molecule has 4 amide bonds. The molecule has 3 rings (SSSR count). The van der Waals surface area contributed by atoms with Crippen molar-refractivity contribution in [3.05, 3.63) is 18.2 Å². The first-order chi connectivity index (χ1) is 14.1. The Labute approximate surface area is 170 Å². The topological polar surface area (TPSA) is 88.6 Å². The third kappa shape index (κ3) is 4.68. The normalized spacial score (nSPS) is 17.9. The van der Waals surface area contributed by atoms with Gasteiger partial charge >= 0.3 is 17.8 Å². The van der Waals surface area contributed by atoms with Crippen LogP contribution >= 0.6 is 0 Å². The van der Waals surface area contributed by atoms with Gasteiger partial charge in [-0.25, -0.2) is 14.6 Å². The van der Waals surface area contributed by atoms with Gasteiger partial charge in [0.2, 0.25) is 0 Å². The van der Waals surface area contributed by atoms with Crippen LogP contribution in [0.5, 0.6) is 11.5 Å². The fraction of sp³-hybridized carbons (Fsp3) is 0.550. The second-order valence-electron chi connectivity index (χ2n) is 6.86. The Morgan fingerprint density at radius 1 is 0.931 bits per heavy atom. The van der Waals surface area contributed by atoms with Gasteiger partial charge in [-0.05, 0) is 25.0 Å². The van der Waals surface area contributed by atoms with Gasteiger partial charge in [0.25, 0.3) is 0 Å². The molecule has 0 bridgehead atoms. The van der Waals surface area contributed by atoms with E-state index in [1.165, 1.54) is 0 Å². The maximum Gasteiger partial charge on any atom is 0.340 e. The first-order valence-corrected chi connectivity index (χ1v) is 9.96. The number of nitrogens with zero attached hydrogens (tertiary/aromatic N) is 3. The predicted octanol–water partition coefficient (Wildman–Crippen LogP) is 1.85. The maximum absolute atomic E-state index is 12.9. The molecule has 0 atom stereocenters. The van der Waals surface area contributed by atoms with Crippen LogP contribution in [0.1, 0.15) is 26.7 Å². The Morgan fingerprint density at radius 2 is 1.59 bits per heavy atom. The Hall–Kier alpha value is -2.65. The average molecular weight is 405 g/mol. The number of hydrogen-bond donors (Lipinski definition) is 0. The van der Waals surface area contributed by atoms with Crippen molar-refractivity contribution in [1.82, 2.24) is 9.80 Å². The van der Waals surface area contributed by atoms with Crippen molar-refractivity contribution in [2.45, 2.75) is 26.7 Å². The number of urea groups is 1. The number of benzene rings is 1. The Morgan fingerprint density at radius 3 is 2.24 bits per heavy atom. The van der Waals surface area contributed by atoms with Crippen LogP contribution in [0.25, 0.3) is 0 Å². The fourth-order valence-corrected chi connectivity index (χ4v) is 3.09. The lowest BCUT2D eigenvalue weighted by atomic mass is 10.2. The van der Waals surface area contributed by atoms with Gasteiger partial charge in [-0.1, -0.05) is 13.8 Å². The SMILES string of the molecule is CCCOc1ccc(N2C(=O)C(=O)N(CN3CCOCC3)C2=O)cc1OCCC. The lowest BCUT2D eigenvalue weighted by Gasteiger charge is -2.29. The zero-order valence-electron chi connectivity index (χ0n) is 16.9. The monoisotopic (exact) mass is 405 g/mol. The number of anilines is 1. The van der Waals surface area contributed by atoms with Gasteiger partial charge in [0.05, 0.1) is 38.8 Å². The van der Waals surface area contributed by atoms with Crippen molar-refractivity contribution in [1.29, 1.82) is 0 Å². The first-order valence-electron chi connectivity index (χ1n) is 9.96. The predicted molar refractivity (Wildman–Crippen MR) is 105 cm³/mol. The molecule has 2 fully saturated rings. The first kappa shape index (κ1) is 21.1. The van der Waals surface area contributed by atoms with Gasteiger partial charge in [-0.3, -0.25) is 14.5 Å². The molecule has 0 spiro atoms. The fourth-order valence-electron chi connectivity index (χ4n) is 3.09. The summed E-state index contributed by atoms with van der Waals surface area (Å²) in [7, 11) is 0. The summed E-state index contributed by atoms with van der Waals surface area (Å²) in [5.74, 6) is -0.715. The minimum Gasteiger partial charge on any atom is -0.490 e. The van der Waals surface area contributed by atoms with Crippen LogP contribution in [0.4, 0.5) is 10.5 Å². The van der Waals surface area contributed by atoms with Gasteiger partial charge in [-0.15, -0.1) is 0 Å². The molecule has 0 radical (unpaired) electrons. The van der Waals surface area contributed by atoms with E-state index < -0.39 is 17.8 Å². The number of amides is 4. The number of morpholine rings is 1. The molecule has 2 aliphatic rings. The summed E-state index contributed by atoms with van der Waals surface area (Å²) in [6.07, 6.45) is 1.63. The quantitative estimate of drug-likeness (QED) is 0.458. The van der Waals surface area contributed by atoms with Gasteiger partial charge in [0.15, 0.2) is 11.5 Å². The summed E-state index contributed by atoms with van der Waals surface area (Å²) in [4.78, 5) is 41.6. The Balaban J connectivity index is 1.81. The van der Waals surface area contributed by atoms with E-state index in [1.807, 2.05) is 18.7 Å². The number of rotatable bonds is 9. The summed E-state index contributed by atoms with van der Waals surface area (Å²) in [6.45, 7) is 7.30. The van der Waals surface area contributed by atoms with E-state index in [1.54, 1.807) is 18.2 Å². The molecule has 2 saturated heterocycles. The van der Waals surface area contributed by atoms with Gasteiger partial charge in [0.1, 0.15) is 0 Å². The molecule has 2 heterocycles. The molecule has 0 N–H and O–H groups in total. The van der Waals surface area contributed by atoms with Gasteiger partial charge < -0.3 is 14.2 Å². The van der Waals surface area contributed by atoms with E-state index in [2.05, 4.69) is 0 Å². The van der Waals surface area contributed by atoms with Crippen LogP contribution in [0.2, 0.25) is 0 Å². The highest BCUT2D eigenvalue weighted by atomic mass is 16.5. The Bertz CT molecular complexity index is 763. The number of imide groups is 2. The summed E-state index contributed by atoms with van der Waals surface area (Å²) >= 11 is 0. The van der Waals surface area contributed by atoms with E-state index in [0.29, 0.717) is 51.0 Å². The summed E-state index contributed by atoms with van der Waals surface area (Å²) in [6, 6.07) is 4.16. The number of ether oxygens (including phenoxy) is 3. The molecule has 9 heteroatoms. The summed E-state index contributed by atoms with van der Waals surface area (Å²) in [5, 5.41) is 0. The molecule has 0 unspecified atom stereocenters. The number of carbonyl (C=O) groups excluding carboxylic acids is 3. The van der Waals surface area contributed by atoms with Crippen molar-refractivity contribution < 1.29 is 28.6 Å². The molecule has 9 nitrogen and oxygen atoms in total. The highest BCUT2D eigenvalue weighted by molar-refractivity contribution is 6.52. The Kier molecular flexibility index (Phi) is 7.05. The average Bonchev–Trinajstić information content (AvgIpc) is 2.95. The van der Waals surface area contributed by atoms with Crippen LogP contribution in [-0.2, 0) is 14.3 Å². The molecule has 0 saturated carbocycles. The smallest absolute Gasteiger partial charge is 0.340 e. The highest BCUT2D eigenvalue weighted by Gasteiger charge is 2.46. The van der Waals surface area contributed by atoms with Crippen molar-refractivity contribution in [2.24, 2.45) is 0 Å². The summed E-state index contributed by atoms with van der Waals surface area (Å²) < 4.78 is 16.7. The summed E-state index contributed by atoms with van der Waals surface area (Å²) in [5.41, 5.74) is 0.285. The van der Waals surface area contributed by atoms with E-state index in [0.717, 1.165) is 22.6 Å². The molecule has 29 heavy (non-hydrogen) atoms. The van der Waals surface area contributed by atoms with Crippen LogP contribution in [0.3, 0.4) is 0 Å². The lowest BCUT2D eigenvalue weighted by Crippen LogP contribution is -2.46.